The summed E-state index contributed by atoms with van der Waals surface area (Å²) < 4.78 is 63.3. The fraction of sp³-hybridized carbons (Fsp3) is 0.955. The second-order valence-electron chi connectivity index (χ2n) is 16.3. The second-order valence-corrected chi connectivity index (χ2v) is 19.3. The molecule has 0 saturated carbocycles. The van der Waals surface area contributed by atoms with Gasteiger partial charge < -0.3 is 18.9 Å². The van der Waals surface area contributed by atoms with Crippen molar-refractivity contribution in [2.24, 2.45) is 0 Å². The third-order valence-corrected chi connectivity index (χ3v) is 12.2. The zero-order valence-corrected chi connectivity index (χ0v) is 41.4. The van der Waals surface area contributed by atoms with Gasteiger partial charge in [0.05, 0.1) is 20.2 Å². The van der Waals surface area contributed by atoms with Crippen molar-refractivity contribution >= 4 is 69.8 Å². The van der Waals surface area contributed by atoms with Crippen molar-refractivity contribution in [3.05, 3.63) is 0 Å². The molecular formula is C44H88CaN2O8S2. The number of amides is 2. The molecule has 0 N–H and O–H groups in total. The average Bonchev–Trinajstić information content (AvgIpc) is 3.13. The number of rotatable bonds is 40. The fourth-order valence-electron chi connectivity index (χ4n) is 6.88. The maximum absolute atomic E-state index is 11.9. The molecule has 0 aliphatic carbocycles. The van der Waals surface area contributed by atoms with Crippen LogP contribution in [-0.2, 0) is 29.8 Å². The van der Waals surface area contributed by atoms with Crippen molar-refractivity contribution in [3.8, 4) is 0 Å². The summed E-state index contributed by atoms with van der Waals surface area (Å²) in [6.07, 6.45) is 40.5. The van der Waals surface area contributed by atoms with E-state index in [1.807, 2.05) is 0 Å². The summed E-state index contributed by atoms with van der Waals surface area (Å²) in [6.45, 7) is 5.19. The fourth-order valence-corrected chi connectivity index (χ4v) is 7.85. The Kier molecular flexibility index (Phi) is 47.4. The first kappa shape index (κ1) is 61.3. The molecule has 0 aromatic heterocycles. The van der Waals surface area contributed by atoms with Crippen LogP contribution < -0.4 is 0 Å². The molecular weight excluding hydrogens is 789 g/mol. The van der Waals surface area contributed by atoms with Crippen LogP contribution in [0.25, 0.3) is 0 Å². The summed E-state index contributed by atoms with van der Waals surface area (Å²) in [5.41, 5.74) is 0. The first-order valence-corrected chi connectivity index (χ1v) is 26.2. The molecule has 0 aromatic carbocycles. The summed E-state index contributed by atoms with van der Waals surface area (Å²) in [7, 11) is -5.01. The van der Waals surface area contributed by atoms with Gasteiger partial charge in [0.2, 0.25) is 11.8 Å². The second kappa shape index (κ2) is 44.1. The van der Waals surface area contributed by atoms with E-state index < -0.39 is 31.7 Å². The van der Waals surface area contributed by atoms with Gasteiger partial charge in [0, 0.05) is 51.5 Å². The molecule has 0 aliphatic heterocycles. The molecule has 0 saturated heterocycles. The zero-order chi connectivity index (χ0) is 42.2. The van der Waals surface area contributed by atoms with Crippen molar-refractivity contribution < 1.29 is 35.5 Å². The third kappa shape index (κ3) is 52.1. The quantitative estimate of drug-likeness (QED) is 0.0335. The number of unbranched alkanes of at least 4 members (excludes halogenated alkanes) is 28. The van der Waals surface area contributed by atoms with E-state index in [-0.39, 0.29) is 62.4 Å². The Labute approximate surface area is 383 Å². The molecule has 0 rings (SSSR count). The van der Waals surface area contributed by atoms with E-state index in [1.54, 1.807) is 14.1 Å². The Hall–Kier alpha value is 0.0197. The molecule has 0 spiro atoms. The van der Waals surface area contributed by atoms with Crippen LogP contribution in [0, 0.1) is 0 Å². The Morgan fingerprint density at radius 1 is 0.368 bits per heavy atom. The SMILES string of the molecule is CCCCCCCCCCCCCCCCCC(=O)N(C)CCCS(=O)(=O)[O-].CCCCCCCCCCCCCCCCCC(=O)N(C)CCCS(=O)(=O)[O-].[Ca+2]. The largest absolute Gasteiger partial charge is 2.00 e. The van der Waals surface area contributed by atoms with E-state index in [4.69, 9.17) is 0 Å². The minimum atomic E-state index is -4.18. The van der Waals surface area contributed by atoms with Gasteiger partial charge in [-0.3, -0.25) is 9.59 Å². The minimum absolute atomic E-state index is 0. The zero-order valence-electron chi connectivity index (χ0n) is 37.6. The molecule has 0 aliphatic rings. The van der Waals surface area contributed by atoms with E-state index in [9.17, 15) is 35.5 Å². The Morgan fingerprint density at radius 2 is 0.561 bits per heavy atom. The molecule has 0 heterocycles. The smallest absolute Gasteiger partial charge is 0.748 e. The standard InChI is InChI=1S/2C22H45NO4S.Ca/c2*1-3-4-5-6-7-8-9-10-11-12-13-14-15-16-17-19-22(24)23(2)20-18-21-28(25,26)27;/h2*3-21H2,1-2H3,(H,25,26,27);/q;;+2/p-2. The number of nitrogens with zero attached hydrogens (tertiary/aromatic N) is 2. The maximum Gasteiger partial charge on any atom is 2.00 e. The minimum Gasteiger partial charge on any atom is -0.748 e. The van der Waals surface area contributed by atoms with Gasteiger partial charge in [-0.25, -0.2) is 16.8 Å². The van der Waals surface area contributed by atoms with Gasteiger partial charge in [-0.2, -0.15) is 0 Å². The Morgan fingerprint density at radius 3 is 0.754 bits per heavy atom. The van der Waals surface area contributed by atoms with Crippen molar-refractivity contribution in [1.82, 2.24) is 9.80 Å². The monoisotopic (exact) mass is 877 g/mol. The predicted molar refractivity (Wildman–Crippen MR) is 238 cm³/mol. The molecule has 57 heavy (non-hydrogen) atoms. The molecule has 0 unspecified atom stereocenters. The van der Waals surface area contributed by atoms with Crippen LogP contribution in [0.5, 0.6) is 0 Å². The number of hydrogen-bond acceptors (Lipinski definition) is 8. The Bertz CT molecular complexity index is 1020. The number of carbonyl (C=O) groups is 2. The van der Waals surface area contributed by atoms with Crippen LogP contribution in [0.15, 0.2) is 0 Å². The molecule has 0 fully saturated rings. The maximum atomic E-state index is 11.9. The molecule has 2 amide bonds. The summed E-state index contributed by atoms with van der Waals surface area (Å²) in [5, 5.41) is 0. The van der Waals surface area contributed by atoms with E-state index in [1.165, 1.54) is 177 Å². The summed E-state index contributed by atoms with van der Waals surface area (Å²) in [6, 6.07) is 0. The van der Waals surface area contributed by atoms with Crippen molar-refractivity contribution in [1.29, 1.82) is 0 Å². The molecule has 0 atom stereocenters. The van der Waals surface area contributed by atoms with Crippen LogP contribution in [-0.4, -0.2) is 124 Å². The van der Waals surface area contributed by atoms with Gasteiger partial charge in [-0.05, 0) is 25.7 Å². The van der Waals surface area contributed by atoms with Gasteiger partial charge in [0.25, 0.3) is 0 Å². The van der Waals surface area contributed by atoms with Crippen molar-refractivity contribution in [2.75, 3.05) is 38.7 Å². The topological polar surface area (TPSA) is 155 Å². The number of carbonyl (C=O) groups excluding carboxylic acids is 2. The molecule has 0 radical (unpaired) electrons. The summed E-state index contributed by atoms with van der Waals surface area (Å²) in [5.74, 6) is -0.719. The van der Waals surface area contributed by atoms with Crippen LogP contribution in [0.3, 0.4) is 0 Å². The van der Waals surface area contributed by atoms with Gasteiger partial charge in [-0.1, -0.05) is 194 Å². The van der Waals surface area contributed by atoms with E-state index in [2.05, 4.69) is 13.8 Å². The van der Waals surface area contributed by atoms with E-state index >= 15 is 0 Å². The van der Waals surface area contributed by atoms with Gasteiger partial charge in [0.1, 0.15) is 0 Å². The number of hydrogen-bond donors (Lipinski definition) is 0. The van der Waals surface area contributed by atoms with Gasteiger partial charge >= 0.3 is 37.7 Å². The van der Waals surface area contributed by atoms with Gasteiger partial charge in [-0.15, -0.1) is 0 Å². The third-order valence-electron chi connectivity index (χ3n) is 10.6. The normalized spacial score (nSPS) is 11.5. The molecule has 0 aromatic rings. The molecule has 0 bridgehead atoms. The summed E-state index contributed by atoms with van der Waals surface area (Å²) >= 11 is 0. The van der Waals surface area contributed by atoms with Gasteiger partial charge in [0.15, 0.2) is 0 Å². The summed E-state index contributed by atoms with van der Waals surface area (Å²) in [4.78, 5) is 26.9. The molecule has 10 nitrogen and oxygen atoms in total. The average molecular weight is 877 g/mol. The van der Waals surface area contributed by atoms with E-state index in [0.29, 0.717) is 25.9 Å². The molecule has 13 heteroatoms. The van der Waals surface area contributed by atoms with Crippen molar-refractivity contribution in [2.45, 2.75) is 232 Å². The van der Waals surface area contributed by atoms with Crippen LogP contribution >= 0.6 is 0 Å². The van der Waals surface area contributed by atoms with Crippen molar-refractivity contribution in [3.63, 3.8) is 0 Å². The first-order valence-electron chi connectivity index (χ1n) is 23.1. The van der Waals surface area contributed by atoms with Crippen LogP contribution in [0.1, 0.15) is 232 Å². The molecule has 336 valence electrons. The van der Waals surface area contributed by atoms with Crippen LogP contribution in [0.4, 0.5) is 0 Å². The Balaban J connectivity index is -0.00000101. The first-order chi connectivity index (χ1) is 26.7. The van der Waals surface area contributed by atoms with E-state index in [0.717, 1.165) is 25.7 Å². The van der Waals surface area contributed by atoms with Crippen LogP contribution in [0.2, 0.25) is 0 Å². The predicted octanol–water partition coefficient (Wildman–Crippen LogP) is 10.9.